The summed E-state index contributed by atoms with van der Waals surface area (Å²) in [5, 5.41) is 0. The van der Waals surface area contributed by atoms with Crippen molar-refractivity contribution in [3.8, 4) is 0 Å². The largest absolute Gasteiger partial charge is 0.303 e. The van der Waals surface area contributed by atoms with Gasteiger partial charge in [0, 0.05) is 0 Å². The Morgan fingerprint density at radius 1 is 1.00 bits per heavy atom. The Bertz CT molecular complexity index is 176. The van der Waals surface area contributed by atoms with Crippen LogP contribution in [0.5, 0.6) is 0 Å². The molecule has 1 aliphatic carbocycles. The first-order valence-corrected chi connectivity index (χ1v) is 6.98. The topological polar surface area (TPSA) is 3.24 Å². The molecule has 88 valence electrons. The molecule has 0 radical (unpaired) electrons. The number of rotatable bonds is 4. The molecule has 1 saturated carbocycles. The van der Waals surface area contributed by atoms with Gasteiger partial charge >= 0.3 is 0 Å². The van der Waals surface area contributed by atoms with Crippen molar-refractivity contribution in [2.24, 2.45) is 17.8 Å². The van der Waals surface area contributed by atoms with Crippen molar-refractivity contribution in [1.82, 2.24) is 4.90 Å². The fourth-order valence-corrected chi connectivity index (χ4v) is 3.00. The zero-order valence-corrected chi connectivity index (χ0v) is 10.5. The number of likely N-dealkylation sites (tertiary alicyclic amines) is 1. The summed E-state index contributed by atoms with van der Waals surface area (Å²) in [6.45, 7) is 8.78. The maximum Gasteiger partial charge on any atom is -0.00160 e. The lowest BCUT2D eigenvalue weighted by molar-refractivity contribution is 0.105. The number of nitrogens with zero attached hydrogens (tertiary/aromatic N) is 1. The van der Waals surface area contributed by atoms with Crippen LogP contribution in [-0.2, 0) is 0 Å². The van der Waals surface area contributed by atoms with Crippen LogP contribution in [-0.4, -0.2) is 24.5 Å². The average Bonchev–Trinajstić information content (AvgIpc) is 2.14. The predicted molar refractivity (Wildman–Crippen MR) is 66.0 cm³/mol. The summed E-state index contributed by atoms with van der Waals surface area (Å²) in [4.78, 5) is 2.69. The third kappa shape index (κ3) is 3.21. The van der Waals surface area contributed by atoms with E-state index in [0.29, 0.717) is 0 Å². The highest BCUT2D eigenvalue weighted by molar-refractivity contribution is 4.82. The van der Waals surface area contributed by atoms with Crippen LogP contribution in [0.3, 0.4) is 0 Å². The van der Waals surface area contributed by atoms with E-state index >= 15 is 0 Å². The van der Waals surface area contributed by atoms with Gasteiger partial charge in [-0.15, -0.1) is 0 Å². The zero-order valence-electron chi connectivity index (χ0n) is 10.5. The van der Waals surface area contributed by atoms with Crippen molar-refractivity contribution in [2.45, 2.75) is 52.4 Å². The van der Waals surface area contributed by atoms with E-state index in [4.69, 9.17) is 0 Å². The zero-order chi connectivity index (χ0) is 10.7. The van der Waals surface area contributed by atoms with Gasteiger partial charge in [-0.3, -0.25) is 0 Å². The van der Waals surface area contributed by atoms with Crippen molar-refractivity contribution in [3.63, 3.8) is 0 Å². The summed E-state index contributed by atoms with van der Waals surface area (Å²) in [6, 6.07) is 0. The summed E-state index contributed by atoms with van der Waals surface area (Å²) < 4.78 is 0. The molecule has 0 unspecified atom stereocenters. The van der Waals surface area contributed by atoms with Crippen molar-refractivity contribution < 1.29 is 0 Å². The fourth-order valence-electron chi connectivity index (χ4n) is 3.00. The molecule has 1 saturated heterocycles. The van der Waals surface area contributed by atoms with Crippen LogP contribution in [0.15, 0.2) is 0 Å². The smallest absolute Gasteiger partial charge is 0.00160 e. The van der Waals surface area contributed by atoms with Crippen LogP contribution in [0.2, 0.25) is 0 Å². The summed E-state index contributed by atoms with van der Waals surface area (Å²) in [6.07, 6.45) is 8.95. The van der Waals surface area contributed by atoms with Gasteiger partial charge in [0.15, 0.2) is 0 Å². The Labute approximate surface area is 95.2 Å². The van der Waals surface area contributed by atoms with Gasteiger partial charge in [0.2, 0.25) is 0 Å². The van der Waals surface area contributed by atoms with E-state index < -0.39 is 0 Å². The summed E-state index contributed by atoms with van der Waals surface area (Å²) in [5.74, 6) is 3.08. The maximum atomic E-state index is 2.69. The SMILES string of the molecule is CC(C)CCN1CCC(C2CCC2)CC1. The Kier molecular flexibility index (Phi) is 4.07. The first-order chi connectivity index (χ1) is 7.25. The molecule has 2 rings (SSSR count). The van der Waals surface area contributed by atoms with E-state index in [9.17, 15) is 0 Å². The van der Waals surface area contributed by atoms with Crippen molar-refractivity contribution in [2.75, 3.05) is 19.6 Å². The molecule has 1 aliphatic heterocycles. The van der Waals surface area contributed by atoms with Crippen LogP contribution in [0.25, 0.3) is 0 Å². The van der Waals surface area contributed by atoms with Crippen molar-refractivity contribution in [1.29, 1.82) is 0 Å². The molecule has 1 heterocycles. The van der Waals surface area contributed by atoms with Gasteiger partial charge in [0.05, 0.1) is 0 Å². The second-order valence-electron chi connectivity index (χ2n) is 6.05. The third-order valence-corrected chi connectivity index (χ3v) is 4.47. The molecule has 0 aromatic rings. The molecule has 15 heavy (non-hydrogen) atoms. The quantitative estimate of drug-likeness (QED) is 0.684. The number of hydrogen-bond acceptors (Lipinski definition) is 1. The molecule has 0 spiro atoms. The Morgan fingerprint density at radius 2 is 1.60 bits per heavy atom. The van der Waals surface area contributed by atoms with Gasteiger partial charge in [-0.2, -0.15) is 0 Å². The van der Waals surface area contributed by atoms with Gasteiger partial charge in [0.1, 0.15) is 0 Å². The summed E-state index contributed by atoms with van der Waals surface area (Å²) in [5.41, 5.74) is 0. The van der Waals surface area contributed by atoms with Crippen molar-refractivity contribution >= 4 is 0 Å². The lowest BCUT2D eigenvalue weighted by Crippen LogP contribution is -2.38. The minimum Gasteiger partial charge on any atom is -0.303 e. The Morgan fingerprint density at radius 3 is 2.07 bits per heavy atom. The molecule has 0 aromatic heterocycles. The summed E-state index contributed by atoms with van der Waals surface area (Å²) in [7, 11) is 0. The van der Waals surface area contributed by atoms with Gasteiger partial charge in [-0.05, 0) is 56.7 Å². The summed E-state index contributed by atoms with van der Waals surface area (Å²) >= 11 is 0. The molecule has 0 amide bonds. The fraction of sp³-hybridized carbons (Fsp3) is 1.00. The van der Waals surface area contributed by atoms with E-state index in [0.717, 1.165) is 17.8 Å². The highest BCUT2D eigenvalue weighted by Gasteiger charge is 2.29. The average molecular weight is 209 g/mol. The second kappa shape index (κ2) is 5.34. The second-order valence-corrected chi connectivity index (χ2v) is 6.05. The third-order valence-electron chi connectivity index (χ3n) is 4.47. The number of piperidine rings is 1. The minimum atomic E-state index is 0.870. The lowest BCUT2D eigenvalue weighted by atomic mass is 9.72. The molecule has 2 fully saturated rings. The first-order valence-electron chi connectivity index (χ1n) is 6.98. The highest BCUT2D eigenvalue weighted by Crippen LogP contribution is 2.38. The van der Waals surface area contributed by atoms with E-state index in [1.54, 1.807) is 0 Å². The monoisotopic (exact) mass is 209 g/mol. The molecular weight excluding hydrogens is 182 g/mol. The molecular formula is C14H27N. The van der Waals surface area contributed by atoms with Gasteiger partial charge in [-0.1, -0.05) is 33.1 Å². The molecule has 1 nitrogen and oxygen atoms in total. The lowest BCUT2D eigenvalue weighted by Gasteiger charge is -2.40. The Balaban J connectivity index is 1.63. The maximum absolute atomic E-state index is 2.69. The Hall–Kier alpha value is -0.0400. The first kappa shape index (κ1) is 11.4. The molecule has 0 bridgehead atoms. The predicted octanol–water partition coefficient (Wildman–Crippen LogP) is 3.54. The van der Waals surface area contributed by atoms with Crippen LogP contribution >= 0.6 is 0 Å². The van der Waals surface area contributed by atoms with Crippen molar-refractivity contribution in [3.05, 3.63) is 0 Å². The van der Waals surface area contributed by atoms with E-state index in [1.165, 1.54) is 58.2 Å². The number of hydrogen-bond donors (Lipinski definition) is 0. The standard InChI is InChI=1S/C14H27N/c1-12(2)6-9-15-10-7-14(8-11-15)13-4-3-5-13/h12-14H,3-11H2,1-2H3. The van der Waals surface area contributed by atoms with Gasteiger partial charge in [0.25, 0.3) is 0 Å². The van der Waals surface area contributed by atoms with Crippen LogP contribution in [0, 0.1) is 17.8 Å². The van der Waals surface area contributed by atoms with Crippen LogP contribution < -0.4 is 0 Å². The van der Waals surface area contributed by atoms with E-state index in [-0.39, 0.29) is 0 Å². The normalized spacial score (nSPS) is 25.8. The van der Waals surface area contributed by atoms with Gasteiger partial charge < -0.3 is 4.90 Å². The highest BCUT2D eigenvalue weighted by atomic mass is 15.1. The minimum absolute atomic E-state index is 0.870. The van der Waals surface area contributed by atoms with E-state index in [2.05, 4.69) is 18.7 Å². The molecule has 0 aromatic carbocycles. The molecule has 2 aliphatic rings. The molecule has 0 atom stereocenters. The van der Waals surface area contributed by atoms with Crippen LogP contribution in [0.1, 0.15) is 52.4 Å². The van der Waals surface area contributed by atoms with E-state index in [1.807, 2.05) is 0 Å². The molecule has 0 N–H and O–H groups in total. The van der Waals surface area contributed by atoms with Gasteiger partial charge in [-0.25, -0.2) is 0 Å². The molecule has 1 heteroatoms. The van der Waals surface area contributed by atoms with Crippen LogP contribution in [0.4, 0.5) is 0 Å².